The molecule has 0 amide bonds. The maximum absolute atomic E-state index is 4.84. The Labute approximate surface area is 51.0 Å². The molecular weight excluding hydrogens is 144 g/mol. The third-order valence-corrected chi connectivity index (χ3v) is 2.28. The summed E-state index contributed by atoms with van der Waals surface area (Å²) in [6.45, 7) is 6.29. The van der Waals surface area contributed by atoms with Crippen LogP contribution in [0.4, 0.5) is 0 Å². The molecule has 0 saturated carbocycles. The van der Waals surface area contributed by atoms with Crippen LogP contribution in [0.3, 0.4) is 0 Å². The third kappa shape index (κ3) is 4.87. The van der Waals surface area contributed by atoms with E-state index in [0.717, 1.165) is 0 Å². The Kier molecular flexibility index (Phi) is 2.57. The second-order valence-electron chi connectivity index (χ2n) is 2.17. The van der Waals surface area contributed by atoms with Crippen LogP contribution >= 0.6 is 10.2 Å². The van der Waals surface area contributed by atoms with Gasteiger partial charge in [-0.25, -0.2) is 0 Å². The molecule has 0 fully saturated rings. The van der Waals surface area contributed by atoms with Crippen molar-refractivity contribution in [3.05, 3.63) is 0 Å². The Morgan fingerprint density at radius 1 is 1.33 bits per heavy atom. The predicted molar refractivity (Wildman–Crippen MR) is 27.3 cm³/mol. The molecule has 0 aromatic rings. The maximum atomic E-state index is 4.84. The molecule has 0 bridgehead atoms. The fourth-order valence-corrected chi connectivity index (χ4v) is 0. The van der Waals surface area contributed by atoms with Gasteiger partial charge >= 0.3 is 50.6 Å². The molecule has 2 heteroatoms. The fourth-order valence-electron chi connectivity index (χ4n) is 0. The summed E-state index contributed by atoms with van der Waals surface area (Å²) in [5, 5.41) is 0. The summed E-state index contributed by atoms with van der Waals surface area (Å²) < 4.78 is 0.264. The summed E-state index contributed by atoms with van der Waals surface area (Å²) in [5.41, 5.74) is 0. The van der Waals surface area contributed by atoms with Crippen molar-refractivity contribution in [2.24, 2.45) is 0 Å². The van der Waals surface area contributed by atoms with Gasteiger partial charge in [-0.05, 0) is 0 Å². The average molecular weight is 153 g/mol. The van der Waals surface area contributed by atoms with Gasteiger partial charge in [0.05, 0.1) is 0 Å². The predicted octanol–water partition coefficient (Wildman–Crippen LogP) is 1.98. The molecule has 0 radical (unpaired) electrons. The SMILES string of the molecule is CC(C)(C)[S][Cu]. The van der Waals surface area contributed by atoms with E-state index in [1.165, 1.54) is 10.2 Å². The molecule has 0 heterocycles. The van der Waals surface area contributed by atoms with Gasteiger partial charge in [0.25, 0.3) is 0 Å². The van der Waals surface area contributed by atoms with Crippen LogP contribution in [0.15, 0.2) is 0 Å². The van der Waals surface area contributed by atoms with E-state index in [2.05, 4.69) is 20.8 Å². The van der Waals surface area contributed by atoms with Crippen LogP contribution in [-0.2, 0) is 14.9 Å². The van der Waals surface area contributed by atoms with Gasteiger partial charge in [0.2, 0.25) is 0 Å². The van der Waals surface area contributed by atoms with Crippen molar-refractivity contribution in [2.45, 2.75) is 25.5 Å². The quantitative estimate of drug-likeness (QED) is 0.479. The van der Waals surface area contributed by atoms with Crippen molar-refractivity contribution in [2.75, 3.05) is 0 Å². The summed E-state index contributed by atoms with van der Waals surface area (Å²) in [6, 6.07) is 0. The van der Waals surface area contributed by atoms with Crippen LogP contribution < -0.4 is 0 Å². The molecule has 42 valence electrons. The van der Waals surface area contributed by atoms with Crippen molar-refractivity contribution in [3.63, 3.8) is 0 Å². The fraction of sp³-hybridized carbons (Fsp3) is 1.00. The molecule has 0 aromatic heterocycles. The summed E-state index contributed by atoms with van der Waals surface area (Å²) >= 11 is 4.84. The van der Waals surface area contributed by atoms with Gasteiger partial charge in [-0.15, -0.1) is 0 Å². The van der Waals surface area contributed by atoms with Crippen molar-refractivity contribution in [3.8, 4) is 0 Å². The number of hydrogen-bond acceptors (Lipinski definition) is 1. The van der Waals surface area contributed by atoms with Crippen LogP contribution in [0.2, 0.25) is 0 Å². The van der Waals surface area contributed by atoms with E-state index >= 15 is 0 Å². The Morgan fingerprint density at radius 3 is 1.50 bits per heavy atom. The first-order valence-corrected chi connectivity index (χ1v) is 3.63. The first kappa shape index (κ1) is 6.87. The molecule has 0 rings (SSSR count). The van der Waals surface area contributed by atoms with E-state index in [0.29, 0.717) is 0 Å². The van der Waals surface area contributed by atoms with E-state index in [9.17, 15) is 0 Å². The zero-order valence-electron chi connectivity index (χ0n) is 4.21. The van der Waals surface area contributed by atoms with E-state index in [-0.39, 0.29) is 4.75 Å². The van der Waals surface area contributed by atoms with Crippen molar-refractivity contribution >= 4 is 10.2 Å². The zero-order chi connectivity index (χ0) is 5.21. The van der Waals surface area contributed by atoms with E-state index < -0.39 is 0 Å². The second kappa shape index (κ2) is 2.25. The Hall–Kier alpha value is 0.869. The van der Waals surface area contributed by atoms with E-state index in [1.54, 1.807) is 0 Å². The standard InChI is InChI=1S/C4H10S.Cu/c1-4(2,3)5;/h5H,1-3H3;/q;+1/p-1. The monoisotopic (exact) mass is 152 g/mol. The summed E-state index contributed by atoms with van der Waals surface area (Å²) in [4.78, 5) is 0. The molecule has 0 saturated heterocycles. The molecule has 0 spiro atoms. The van der Waals surface area contributed by atoms with Crippen LogP contribution in [-0.4, -0.2) is 4.75 Å². The van der Waals surface area contributed by atoms with Gasteiger partial charge in [0.1, 0.15) is 0 Å². The zero-order valence-corrected chi connectivity index (χ0v) is 5.97. The molecule has 6 heavy (non-hydrogen) atoms. The van der Waals surface area contributed by atoms with E-state index in [4.69, 9.17) is 14.9 Å². The first-order chi connectivity index (χ1) is 2.56. The second-order valence-corrected chi connectivity index (χ2v) is 4.10. The Morgan fingerprint density at radius 2 is 1.50 bits per heavy atom. The topological polar surface area (TPSA) is 0 Å². The molecule has 0 aliphatic heterocycles. The Bertz CT molecular complexity index is 37.3. The summed E-state index contributed by atoms with van der Waals surface area (Å²) in [5.74, 6) is 0. The minimum atomic E-state index is 0.264. The van der Waals surface area contributed by atoms with Crippen molar-refractivity contribution in [1.82, 2.24) is 0 Å². The van der Waals surface area contributed by atoms with Gasteiger partial charge in [0, 0.05) is 0 Å². The van der Waals surface area contributed by atoms with Gasteiger partial charge in [-0.1, -0.05) is 0 Å². The van der Waals surface area contributed by atoms with E-state index in [1.807, 2.05) is 0 Å². The van der Waals surface area contributed by atoms with Crippen LogP contribution in [0.1, 0.15) is 20.8 Å². The van der Waals surface area contributed by atoms with Gasteiger partial charge in [0.15, 0.2) is 0 Å². The summed E-state index contributed by atoms with van der Waals surface area (Å²) in [7, 11) is 1.44. The number of rotatable bonds is 0. The molecule has 0 aromatic carbocycles. The van der Waals surface area contributed by atoms with Gasteiger partial charge in [-0.3, -0.25) is 0 Å². The number of hydrogen-bond donors (Lipinski definition) is 0. The van der Waals surface area contributed by atoms with Gasteiger partial charge < -0.3 is 0 Å². The average Bonchev–Trinajstić information content (AvgIpc) is 1.35. The molecule has 0 N–H and O–H groups in total. The molecule has 0 atom stereocenters. The van der Waals surface area contributed by atoms with Crippen molar-refractivity contribution < 1.29 is 14.9 Å². The molecular formula is C4H9CuS. The summed E-state index contributed by atoms with van der Waals surface area (Å²) in [6.07, 6.45) is 0. The molecule has 0 nitrogen and oxygen atoms in total. The molecule has 0 aliphatic carbocycles. The Balaban J connectivity index is 3.17. The normalized spacial score (nSPS) is 12.2. The molecule has 0 aliphatic rings. The molecule has 0 unspecified atom stereocenters. The van der Waals surface area contributed by atoms with Crippen molar-refractivity contribution in [1.29, 1.82) is 0 Å². The third-order valence-electron chi connectivity index (χ3n) is 0.185. The van der Waals surface area contributed by atoms with Crippen LogP contribution in [0.5, 0.6) is 0 Å². The first-order valence-electron chi connectivity index (χ1n) is 1.83. The van der Waals surface area contributed by atoms with Crippen LogP contribution in [0.25, 0.3) is 0 Å². The van der Waals surface area contributed by atoms with Gasteiger partial charge in [-0.2, -0.15) is 0 Å². The minimum absolute atomic E-state index is 0.264. The van der Waals surface area contributed by atoms with Crippen LogP contribution in [0, 0.1) is 0 Å².